The van der Waals surface area contributed by atoms with E-state index in [9.17, 15) is 8.42 Å². The lowest BCUT2D eigenvalue weighted by Crippen LogP contribution is -2.20. The van der Waals surface area contributed by atoms with Crippen LogP contribution in [-0.4, -0.2) is 30.2 Å². The second-order valence-corrected chi connectivity index (χ2v) is 6.35. The molecule has 7 nitrogen and oxygen atoms in total. The molecule has 2 aromatic rings. The number of rotatable bonds is 5. The summed E-state index contributed by atoms with van der Waals surface area (Å²) < 4.78 is 27.6. The molecular weight excluding hydrogens is 290 g/mol. The third kappa shape index (κ3) is 2.91. The van der Waals surface area contributed by atoms with E-state index in [0.29, 0.717) is 5.69 Å². The predicted molar refractivity (Wildman–Crippen MR) is 80.8 cm³/mol. The Bertz CT molecular complexity index is 752. The highest BCUT2D eigenvalue weighted by molar-refractivity contribution is 7.89. The van der Waals surface area contributed by atoms with Gasteiger partial charge < -0.3 is 5.73 Å². The summed E-state index contributed by atoms with van der Waals surface area (Å²) in [5.41, 5.74) is 6.75. The van der Waals surface area contributed by atoms with Crippen LogP contribution in [0.3, 0.4) is 0 Å². The van der Waals surface area contributed by atoms with Crippen LogP contribution in [-0.2, 0) is 22.9 Å². The van der Waals surface area contributed by atoms with E-state index < -0.39 is 10.0 Å². The lowest BCUT2D eigenvalue weighted by Gasteiger charge is -2.09. The highest BCUT2D eigenvalue weighted by Gasteiger charge is 2.17. The van der Waals surface area contributed by atoms with E-state index in [-0.39, 0.29) is 10.6 Å². The summed E-state index contributed by atoms with van der Waals surface area (Å²) in [5, 5.41) is 4.41. The lowest BCUT2D eigenvalue weighted by molar-refractivity contribution is 0.588. The number of benzene rings is 1. The number of nitrogens with zero attached hydrogens (tertiary/aromatic N) is 3. The first-order valence-electron chi connectivity index (χ1n) is 6.71. The van der Waals surface area contributed by atoms with Gasteiger partial charge in [-0.15, -0.1) is 0 Å². The minimum absolute atomic E-state index is 0.0580. The number of hydrogen-bond acceptors (Lipinski definition) is 5. The molecule has 0 aliphatic rings. The fourth-order valence-electron chi connectivity index (χ4n) is 2.00. The topological polar surface area (TPSA) is 103 Å². The summed E-state index contributed by atoms with van der Waals surface area (Å²) in [6.07, 6.45) is 1.46. The molecule has 0 amide bonds. The Morgan fingerprint density at radius 3 is 2.52 bits per heavy atom. The summed E-state index contributed by atoms with van der Waals surface area (Å²) >= 11 is 0. The Balaban J connectivity index is 2.53. The fraction of sp³-hybridized carbons (Fsp3) is 0.385. The normalized spacial score (nSPS) is 11.8. The number of nitrogens with one attached hydrogen (secondary N) is 1. The van der Waals surface area contributed by atoms with Crippen molar-refractivity contribution in [3.63, 3.8) is 0 Å². The standard InChI is InChI=1S/C13H19N5O2S/c1-4-12-16-13(5-2)18(17-12)9-6-7-11(10(14)8-9)21(19,20)15-3/h6-8,15H,4-5,14H2,1-3H3. The molecule has 1 aromatic carbocycles. The van der Waals surface area contributed by atoms with Crippen molar-refractivity contribution in [3.8, 4) is 5.69 Å². The smallest absolute Gasteiger partial charge is 0.242 e. The molecule has 8 heteroatoms. The fourth-order valence-corrected chi connectivity index (χ4v) is 2.84. The van der Waals surface area contributed by atoms with Crippen molar-refractivity contribution in [2.24, 2.45) is 0 Å². The van der Waals surface area contributed by atoms with Gasteiger partial charge in [-0.3, -0.25) is 0 Å². The maximum Gasteiger partial charge on any atom is 0.242 e. The Morgan fingerprint density at radius 1 is 1.29 bits per heavy atom. The summed E-state index contributed by atoms with van der Waals surface area (Å²) in [6.45, 7) is 3.97. The molecule has 1 heterocycles. The van der Waals surface area contributed by atoms with E-state index in [1.54, 1.807) is 16.8 Å². The first-order chi connectivity index (χ1) is 9.92. The minimum atomic E-state index is -3.56. The molecule has 21 heavy (non-hydrogen) atoms. The molecule has 0 atom stereocenters. The molecule has 0 fully saturated rings. The van der Waals surface area contributed by atoms with Crippen LogP contribution < -0.4 is 10.5 Å². The molecule has 0 bridgehead atoms. The van der Waals surface area contributed by atoms with Crippen LogP contribution >= 0.6 is 0 Å². The Morgan fingerprint density at radius 2 is 2.00 bits per heavy atom. The van der Waals surface area contributed by atoms with Gasteiger partial charge in [0, 0.05) is 12.8 Å². The number of aryl methyl sites for hydroxylation is 2. The average Bonchev–Trinajstić information content (AvgIpc) is 2.90. The molecule has 0 saturated carbocycles. The molecule has 0 spiro atoms. The highest BCUT2D eigenvalue weighted by Crippen LogP contribution is 2.22. The Kier molecular flexibility index (Phi) is 4.29. The van der Waals surface area contributed by atoms with Gasteiger partial charge >= 0.3 is 0 Å². The third-order valence-corrected chi connectivity index (χ3v) is 4.63. The van der Waals surface area contributed by atoms with Gasteiger partial charge in [0.1, 0.15) is 10.7 Å². The van der Waals surface area contributed by atoms with Crippen LogP contribution in [0.2, 0.25) is 0 Å². The first-order valence-corrected chi connectivity index (χ1v) is 8.19. The van der Waals surface area contributed by atoms with Crippen LogP contribution in [0.15, 0.2) is 23.1 Å². The van der Waals surface area contributed by atoms with Gasteiger partial charge in [0.25, 0.3) is 0 Å². The predicted octanol–water partition coefficient (Wildman–Crippen LogP) is 0.882. The van der Waals surface area contributed by atoms with E-state index in [1.165, 1.54) is 13.1 Å². The van der Waals surface area contributed by atoms with Gasteiger partial charge in [0.15, 0.2) is 5.82 Å². The van der Waals surface area contributed by atoms with Crippen LogP contribution in [0.5, 0.6) is 0 Å². The Labute approximate surface area is 124 Å². The summed E-state index contributed by atoms with van der Waals surface area (Å²) in [4.78, 5) is 4.48. The van der Waals surface area contributed by atoms with Gasteiger partial charge in [0.05, 0.1) is 11.4 Å². The molecule has 1 aromatic heterocycles. The van der Waals surface area contributed by atoms with Crippen molar-refractivity contribution in [3.05, 3.63) is 29.8 Å². The number of sulfonamides is 1. The summed E-state index contributed by atoms with van der Waals surface area (Å²) in [6, 6.07) is 4.74. The number of aromatic nitrogens is 3. The number of anilines is 1. The van der Waals surface area contributed by atoms with Crippen molar-refractivity contribution in [1.82, 2.24) is 19.5 Å². The average molecular weight is 309 g/mol. The molecule has 0 aliphatic heterocycles. The zero-order chi connectivity index (χ0) is 15.6. The van der Waals surface area contributed by atoms with E-state index in [4.69, 9.17) is 5.73 Å². The van der Waals surface area contributed by atoms with Crippen molar-refractivity contribution >= 4 is 15.7 Å². The second-order valence-electron chi connectivity index (χ2n) is 4.49. The van der Waals surface area contributed by atoms with E-state index in [2.05, 4.69) is 14.8 Å². The molecule has 2 rings (SSSR count). The number of nitrogens with two attached hydrogens (primary N) is 1. The number of hydrogen-bond donors (Lipinski definition) is 2. The zero-order valence-corrected chi connectivity index (χ0v) is 13.1. The molecular formula is C13H19N5O2S. The largest absolute Gasteiger partial charge is 0.398 e. The van der Waals surface area contributed by atoms with Crippen LogP contribution in [0.25, 0.3) is 5.69 Å². The zero-order valence-electron chi connectivity index (χ0n) is 12.3. The molecule has 114 valence electrons. The van der Waals surface area contributed by atoms with Crippen molar-refractivity contribution in [2.75, 3.05) is 12.8 Å². The lowest BCUT2D eigenvalue weighted by atomic mass is 10.3. The summed E-state index contributed by atoms with van der Waals surface area (Å²) in [7, 11) is -2.21. The van der Waals surface area contributed by atoms with Crippen molar-refractivity contribution < 1.29 is 8.42 Å². The quantitative estimate of drug-likeness (QED) is 0.798. The highest BCUT2D eigenvalue weighted by atomic mass is 32.2. The molecule has 0 unspecified atom stereocenters. The van der Waals surface area contributed by atoms with Gasteiger partial charge in [-0.1, -0.05) is 13.8 Å². The minimum Gasteiger partial charge on any atom is -0.398 e. The monoisotopic (exact) mass is 309 g/mol. The van der Waals surface area contributed by atoms with Crippen LogP contribution in [0.4, 0.5) is 5.69 Å². The molecule has 0 saturated heterocycles. The van der Waals surface area contributed by atoms with Gasteiger partial charge in [-0.05, 0) is 25.2 Å². The molecule has 0 radical (unpaired) electrons. The maximum atomic E-state index is 11.8. The van der Waals surface area contributed by atoms with Gasteiger partial charge in [0.2, 0.25) is 10.0 Å². The Hall–Kier alpha value is -1.93. The molecule has 0 aliphatic carbocycles. The SMILES string of the molecule is CCc1nc(CC)n(-c2ccc(S(=O)(=O)NC)c(N)c2)n1. The van der Waals surface area contributed by atoms with Crippen LogP contribution in [0.1, 0.15) is 25.5 Å². The van der Waals surface area contributed by atoms with Crippen LogP contribution in [0, 0.1) is 0 Å². The van der Waals surface area contributed by atoms with E-state index in [0.717, 1.165) is 24.5 Å². The van der Waals surface area contributed by atoms with Crippen molar-refractivity contribution in [1.29, 1.82) is 0 Å². The van der Waals surface area contributed by atoms with E-state index >= 15 is 0 Å². The first kappa shape index (κ1) is 15.5. The number of nitrogen functional groups attached to an aromatic ring is 1. The maximum absolute atomic E-state index is 11.8. The van der Waals surface area contributed by atoms with Crippen molar-refractivity contribution in [2.45, 2.75) is 31.6 Å². The van der Waals surface area contributed by atoms with Gasteiger partial charge in [-0.2, -0.15) is 5.10 Å². The van der Waals surface area contributed by atoms with Gasteiger partial charge in [-0.25, -0.2) is 22.8 Å². The van der Waals surface area contributed by atoms with E-state index in [1.807, 2.05) is 13.8 Å². The summed E-state index contributed by atoms with van der Waals surface area (Å²) in [5.74, 6) is 1.56. The molecule has 3 N–H and O–H groups in total. The second kappa shape index (κ2) is 5.82. The third-order valence-electron chi connectivity index (χ3n) is 3.15.